The number of pyridine rings is 2. The van der Waals surface area contributed by atoms with Crippen LogP contribution in [0.5, 0.6) is 0 Å². The highest BCUT2D eigenvalue weighted by Crippen LogP contribution is 2.39. The largest absolute Gasteiger partial charge is 0.375 e. The van der Waals surface area contributed by atoms with Crippen molar-refractivity contribution in [2.45, 2.75) is 76.1 Å². The van der Waals surface area contributed by atoms with Crippen LogP contribution < -0.4 is 5.32 Å². The maximum absolute atomic E-state index is 15.6. The van der Waals surface area contributed by atoms with E-state index in [1.165, 1.54) is 6.07 Å². The van der Waals surface area contributed by atoms with E-state index in [1.807, 2.05) is 38.1 Å². The second kappa shape index (κ2) is 12.4. The topological polar surface area (TPSA) is 93.1 Å². The zero-order chi connectivity index (χ0) is 31.9. The Kier molecular flexibility index (Phi) is 8.27. The van der Waals surface area contributed by atoms with Crippen LogP contribution in [-0.4, -0.2) is 68.5 Å². The van der Waals surface area contributed by atoms with Gasteiger partial charge < -0.3 is 15.0 Å². The maximum atomic E-state index is 15.6. The van der Waals surface area contributed by atoms with Gasteiger partial charge in [-0.25, -0.2) is 13.8 Å². The van der Waals surface area contributed by atoms with Crippen molar-refractivity contribution in [3.05, 3.63) is 83.2 Å². The Morgan fingerprint density at radius 1 is 1.07 bits per heavy atom. The van der Waals surface area contributed by atoms with Crippen molar-refractivity contribution >= 4 is 16.8 Å². The molecule has 1 aliphatic carbocycles. The molecule has 8 nitrogen and oxygen atoms in total. The number of ether oxygens (including phenoxy) is 1. The van der Waals surface area contributed by atoms with Gasteiger partial charge in [-0.3, -0.25) is 9.78 Å². The molecule has 1 N–H and O–H groups in total. The van der Waals surface area contributed by atoms with Crippen molar-refractivity contribution in [2.75, 3.05) is 26.2 Å². The molecular weight excluding hydrogens is 586 g/mol. The number of carbonyl (C=O) groups excluding carboxylic acids is 1. The summed E-state index contributed by atoms with van der Waals surface area (Å²) in [6.45, 7) is 7.34. The predicted molar refractivity (Wildman–Crippen MR) is 171 cm³/mol. The summed E-state index contributed by atoms with van der Waals surface area (Å²) in [6.07, 6.45) is 10.00. The highest BCUT2D eigenvalue weighted by molar-refractivity contribution is 5.98. The first-order valence-electron chi connectivity index (χ1n) is 16.4. The third-order valence-corrected chi connectivity index (χ3v) is 10.4. The molecule has 0 radical (unpaired) electrons. The van der Waals surface area contributed by atoms with Crippen molar-refractivity contribution in [3.63, 3.8) is 0 Å². The number of amides is 1. The van der Waals surface area contributed by atoms with E-state index in [-0.39, 0.29) is 41.0 Å². The van der Waals surface area contributed by atoms with Crippen molar-refractivity contribution in [2.24, 2.45) is 5.92 Å². The first kappa shape index (κ1) is 30.7. The van der Waals surface area contributed by atoms with Gasteiger partial charge in [-0.15, -0.1) is 0 Å². The number of halogens is 2. The monoisotopic (exact) mass is 626 g/mol. The van der Waals surface area contributed by atoms with Crippen molar-refractivity contribution in [1.29, 1.82) is 0 Å². The second-order valence-corrected chi connectivity index (χ2v) is 13.5. The van der Waals surface area contributed by atoms with Gasteiger partial charge in [-0.05, 0) is 85.9 Å². The van der Waals surface area contributed by atoms with Crippen LogP contribution in [0.4, 0.5) is 8.78 Å². The number of alkyl halides is 1. The molecule has 1 amide bonds. The van der Waals surface area contributed by atoms with Gasteiger partial charge in [0.25, 0.3) is 5.91 Å². The number of rotatable bonds is 8. The van der Waals surface area contributed by atoms with E-state index in [9.17, 15) is 4.79 Å². The molecule has 2 saturated heterocycles. The summed E-state index contributed by atoms with van der Waals surface area (Å²) in [7, 11) is 0. The molecule has 240 valence electrons. The number of fused-ring (bicyclic) bond motifs is 2. The van der Waals surface area contributed by atoms with Gasteiger partial charge in [0.2, 0.25) is 0 Å². The Hall–Kier alpha value is -3.89. The van der Waals surface area contributed by atoms with Crippen LogP contribution in [0.1, 0.15) is 79.2 Å². The maximum Gasteiger partial charge on any atom is 0.251 e. The summed E-state index contributed by atoms with van der Waals surface area (Å²) < 4.78 is 36.9. The lowest BCUT2D eigenvalue weighted by molar-refractivity contribution is -0.172. The van der Waals surface area contributed by atoms with E-state index < -0.39 is 11.5 Å². The number of aryl methyl sites for hydroxylation is 1. The normalized spacial score (nSPS) is 21.6. The Morgan fingerprint density at radius 2 is 1.89 bits per heavy atom. The molecule has 1 spiro atoms. The lowest BCUT2D eigenvalue weighted by atomic mass is 9.77. The summed E-state index contributed by atoms with van der Waals surface area (Å²) in [5, 5.41) is 11.5. The number of aromatic nitrogens is 4. The molecule has 2 unspecified atom stereocenters. The number of hydrogen-bond donors (Lipinski definition) is 1. The summed E-state index contributed by atoms with van der Waals surface area (Å²) >= 11 is 0. The molecule has 2 aliphatic heterocycles. The zero-order valence-corrected chi connectivity index (χ0v) is 26.4. The Balaban J connectivity index is 1.12. The molecule has 2 atom stereocenters. The van der Waals surface area contributed by atoms with Gasteiger partial charge in [-0.1, -0.05) is 19.9 Å². The third kappa shape index (κ3) is 6.12. The number of piperidine rings is 1. The van der Waals surface area contributed by atoms with Crippen LogP contribution in [0.2, 0.25) is 0 Å². The van der Waals surface area contributed by atoms with Crippen molar-refractivity contribution in [1.82, 2.24) is 30.4 Å². The number of hydrogen-bond acceptors (Lipinski definition) is 7. The second-order valence-electron chi connectivity index (χ2n) is 13.5. The highest BCUT2D eigenvalue weighted by atomic mass is 19.1. The molecule has 7 rings (SSSR count). The van der Waals surface area contributed by atoms with Gasteiger partial charge in [0.05, 0.1) is 36.3 Å². The molecule has 4 aromatic rings. The zero-order valence-electron chi connectivity index (χ0n) is 26.4. The van der Waals surface area contributed by atoms with E-state index >= 15 is 8.78 Å². The average Bonchev–Trinajstić information content (AvgIpc) is 3.05. The van der Waals surface area contributed by atoms with E-state index in [2.05, 4.69) is 30.4 Å². The van der Waals surface area contributed by atoms with E-state index in [1.54, 1.807) is 24.7 Å². The van der Waals surface area contributed by atoms with Gasteiger partial charge in [-0.2, -0.15) is 10.2 Å². The van der Waals surface area contributed by atoms with Crippen LogP contribution in [0.25, 0.3) is 22.2 Å². The summed E-state index contributed by atoms with van der Waals surface area (Å²) in [5.74, 6) is -1.07. The minimum Gasteiger partial charge on any atom is -0.375 e. The van der Waals surface area contributed by atoms with Crippen LogP contribution in [0.3, 0.4) is 0 Å². The number of nitrogens with one attached hydrogen (secondary N) is 1. The smallest absolute Gasteiger partial charge is 0.251 e. The summed E-state index contributed by atoms with van der Waals surface area (Å²) in [6, 6.07) is 10.1. The molecule has 1 aromatic carbocycles. The van der Waals surface area contributed by atoms with Crippen LogP contribution >= 0.6 is 0 Å². The van der Waals surface area contributed by atoms with Crippen LogP contribution in [0, 0.1) is 11.7 Å². The number of nitrogens with zero attached hydrogens (tertiary/aromatic N) is 5. The SMILES string of the molecule is CC(C)C1(F)CCc2nc3c(F)cc(C(=O)NC(CCN4CCC5(CCO5)CC4)c4ccc(-c5ccnnc5)nc4)cc3cc2C1. The van der Waals surface area contributed by atoms with E-state index in [0.29, 0.717) is 24.6 Å². The summed E-state index contributed by atoms with van der Waals surface area (Å²) in [4.78, 5) is 25.4. The fourth-order valence-electron chi connectivity index (χ4n) is 7.12. The predicted octanol–water partition coefficient (Wildman–Crippen LogP) is 6.20. The van der Waals surface area contributed by atoms with Crippen molar-refractivity contribution < 1.29 is 18.3 Å². The van der Waals surface area contributed by atoms with E-state index in [0.717, 1.165) is 73.6 Å². The molecular formula is C36H40F2N6O2. The molecule has 5 heterocycles. The fourth-order valence-corrected chi connectivity index (χ4v) is 7.12. The van der Waals surface area contributed by atoms with Crippen molar-refractivity contribution in [3.8, 4) is 11.3 Å². The molecule has 3 aromatic heterocycles. The molecule has 2 fully saturated rings. The lowest BCUT2D eigenvalue weighted by Gasteiger charge is -2.47. The average molecular weight is 627 g/mol. The molecule has 0 bridgehead atoms. The van der Waals surface area contributed by atoms with Gasteiger partial charge >= 0.3 is 0 Å². The van der Waals surface area contributed by atoms with E-state index in [4.69, 9.17) is 4.74 Å². The van der Waals surface area contributed by atoms with Gasteiger partial charge in [0.1, 0.15) is 17.0 Å². The molecule has 10 heteroatoms. The Bertz CT molecular complexity index is 1720. The quantitative estimate of drug-likeness (QED) is 0.249. The molecule has 3 aliphatic rings. The fraction of sp³-hybridized carbons (Fsp3) is 0.472. The first-order chi connectivity index (χ1) is 22.2. The first-order valence-corrected chi connectivity index (χ1v) is 16.4. The highest BCUT2D eigenvalue weighted by Gasteiger charge is 2.41. The number of benzene rings is 1. The molecule has 0 saturated carbocycles. The lowest BCUT2D eigenvalue weighted by Crippen LogP contribution is -2.52. The van der Waals surface area contributed by atoms with Gasteiger partial charge in [0.15, 0.2) is 0 Å². The van der Waals surface area contributed by atoms with Gasteiger partial charge in [0, 0.05) is 54.5 Å². The Morgan fingerprint density at radius 3 is 2.57 bits per heavy atom. The number of likely N-dealkylation sites (tertiary alicyclic amines) is 1. The Labute approximate surface area is 268 Å². The van der Waals surface area contributed by atoms with Crippen LogP contribution in [-0.2, 0) is 17.6 Å². The minimum atomic E-state index is -1.32. The summed E-state index contributed by atoms with van der Waals surface area (Å²) in [5.41, 5.74) is 3.17. The molecule has 46 heavy (non-hydrogen) atoms. The third-order valence-electron chi connectivity index (χ3n) is 10.4. The number of carbonyl (C=O) groups is 1. The minimum absolute atomic E-state index is 0.0699. The standard InChI is InChI=1S/C36H40F2N6O2/c1-23(2)36(38)8-5-31-28(20-36)18-26-17-27(19-29(37)33(26)42-31)34(45)43-32(7-13-44-14-9-35(10-15-44)11-16-46-35)24-3-4-30(39-21-24)25-6-12-40-41-22-25/h3-4,6,12,17-19,21-23,32H,5,7-11,13-16,20H2,1-2H3,(H,43,45). The van der Waals surface area contributed by atoms with Crippen LogP contribution in [0.15, 0.2) is 55.0 Å².